The van der Waals surface area contributed by atoms with E-state index < -0.39 is 0 Å². The fourth-order valence-electron chi connectivity index (χ4n) is 2.53. The number of hydrogen-bond donors (Lipinski definition) is 1. The minimum Gasteiger partial charge on any atom is -0.378 e. The van der Waals surface area contributed by atoms with Gasteiger partial charge in [0.1, 0.15) is 0 Å². The molecule has 3 heterocycles. The van der Waals surface area contributed by atoms with E-state index in [0.717, 1.165) is 50.5 Å². The average molecular weight is 275 g/mol. The van der Waals surface area contributed by atoms with Crippen molar-refractivity contribution < 1.29 is 4.74 Å². The van der Waals surface area contributed by atoms with E-state index in [1.165, 1.54) is 0 Å². The van der Waals surface area contributed by atoms with Crippen LogP contribution in [0.4, 0.5) is 0 Å². The number of hydrogen-bond acceptors (Lipinski definition) is 4. The molecule has 0 spiro atoms. The van der Waals surface area contributed by atoms with Gasteiger partial charge >= 0.3 is 0 Å². The zero-order valence-corrected chi connectivity index (χ0v) is 11.8. The van der Waals surface area contributed by atoms with Gasteiger partial charge in [-0.05, 0) is 6.42 Å². The summed E-state index contributed by atoms with van der Waals surface area (Å²) in [6.07, 6.45) is 8.86. The third kappa shape index (κ3) is 2.91. The van der Waals surface area contributed by atoms with Gasteiger partial charge in [-0.1, -0.05) is 6.92 Å². The molecule has 2 aromatic heterocycles. The largest absolute Gasteiger partial charge is 0.378 e. The van der Waals surface area contributed by atoms with Crippen LogP contribution in [0.1, 0.15) is 13.3 Å². The van der Waals surface area contributed by atoms with Crippen molar-refractivity contribution >= 4 is 0 Å². The quantitative estimate of drug-likeness (QED) is 0.889. The number of aromatic nitrogens is 4. The van der Waals surface area contributed by atoms with Gasteiger partial charge in [0.05, 0.1) is 37.6 Å². The molecule has 1 aliphatic heterocycles. The van der Waals surface area contributed by atoms with Gasteiger partial charge in [-0.25, -0.2) is 4.98 Å². The summed E-state index contributed by atoms with van der Waals surface area (Å²) in [5.74, 6) is 0. The van der Waals surface area contributed by atoms with Crippen molar-refractivity contribution in [3.05, 3.63) is 24.9 Å². The standard InChI is InChI=1S/C14H21N5O/c1-2-4-19-8-12(6-17-19)14-7-15-11-18(14)9-13-10-20-5-3-16-13/h6-8,11,13,16H,2-5,9-10H2,1H3. The monoisotopic (exact) mass is 275 g/mol. The lowest BCUT2D eigenvalue weighted by Gasteiger charge is -2.24. The second-order valence-corrected chi connectivity index (χ2v) is 5.15. The number of rotatable bonds is 5. The maximum atomic E-state index is 5.50. The molecule has 0 bridgehead atoms. The fourth-order valence-corrected chi connectivity index (χ4v) is 2.53. The Morgan fingerprint density at radius 2 is 2.40 bits per heavy atom. The van der Waals surface area contributed by atoms with Crippen molar-refractivity contribution in [1.29, 1.82) is 0 Å². The maximum Gasteiger partial charge on any atom is 0.0951 e. The van der Waals surface area contributed by atoms with Crippen LogP contribution in [0.2, 0.25) is 0 Å². The molecule has 0 aromatic carbocycles. The lowest BCUT2D eigenvalue weighted by atomic mass is 10.2. The van der Waals surface area contributed by atoms with E-state index >= 15 is 0 Å². The summed E-state index contributed by atoms with van der Waals surface area (Å²) in [7, 11) is 0. The third-order valence-electron chi connectivity index (χ3n) is 3.51. The molecular weight excluding hydrogens is 254 g/mol. The van der Waals surface area contributed by atoms with Gasteiger partial charge in [0.25, 0.3) is 0 Å². The molecule has 6 heteroatoms. The number of nitrogens with zero attached hydrogens (tertiary/aromatic N) is 4. The van der Waals surface area contributed by atoms with Crippen LogP contribution in [-0.2, 0) is 17.8 Å². The summed E-state index contributed by atoms with van der Waals surface area (Å²) in [5.41, 5.74) is 2.23. The molecule has 2 aromatic rings. The van der Waals surface area contributed by atoms with Crippen LogP contribution < -0.4 is 5.32 Å². The van der Waals surface area contributed by atoms with Gasteiger partial charge in [-0.15, -0.1) is 0 Å². The van der Waals surface area contributed by atoms with Gasteiger partial charge in [0.15, 0.2) is 0 Å². The molecule has 1 aliphatic rings. The number of aryl methyl sites for hydroxylation is 1. The summed E-state index contributed by atoms with van der Waals surface area (Å²) >= 11 is 0. The van der Waals surface area contributed by atoms with Crippen molar-refractivity contribution in [1.82, 2.24) is 24.6 Å². The summed E-state index contributed by atoms with van der Waals surface area (Å²) in [4.78, 5) is 4.28. The lowest BCUT2D eigenvalue weighted by Crippen LogP contribution is -2.43. The fraction of sp³-hybridized carbons (Fsp3) is 0.571. The highest BCUT2D eigenvalue weighted by Crippen LogP contribution is 2.18. The number of morpholine rings is 1. The van der Waals surface area contributed by atoms with Gasteiger partial charge < -0.3 is 14.6 Å². The van der Waals surface area contributed by atoms with Crippen molar-refractivity contribution in [2.24, 2.45) is 0 Å². The Balaban J connectivity index is 1.74. The molecule has 0 radical (unpaired) electrons. The first-order valence-corrected chi connectivity index (χ1v) is 7.21. The zero-order valence-electron chi connectivity index (χ0n) is 11.8. The molecule has 0 aliphatic carbocycles. The summed E-state index contributed by atoms with van der Waals surface area (Å²) in [5, 5.41) is 7.85. The summed E-state index contributed by atoms with van der Waals surface area (Å²) < 4.78 is 9.65. The first-order valence-electron chi connectivity index (χ1n) is 7.21. The molecule has 3 rings (SSSR count). The summed E-state index contributed by atoms with van der Waals surface area (Å²) in [6.45, 7) is 6.45. The third-order valence-corrected chi connectivity index (χ3v) is 3.51. The van der Waals surface area contributed by atoms with E-state index in [2.05, 4.69) is 33.1 Å². The molecule has 1 atom stereocenters. The van der Waals surface area contributed by atoms with E-state index in [9.17, 15) is 0 Å². The molecule has 1 saturated heterocycles. The average Bonchev–Trinajstić information content (AvgIpc) is 3.09. The van der Waals surface area contributed by atoms with Crippen LogP contribution in [0, 0.1) is 0 Å². The van der Waals surface area contributed by atoms with Gasteiger partial charge in [-0.3, -0.25) is 4.68 Å². The van der Waals surface area contributed by atoms with Crippen molar-refractivity contribution in [3.8, 4) is 11.3 Å². The van der Waals surface area contributed by atoms with Gasteiger partial charge in [-0.2, -0.15) is 5.10 Å². The predicted octanol–water partition coefficient (Wildman–Crippen LogP) is 1.14. The van der Waals surface area contributed by atoms with Crippen LogP contribution in [0.15, 0.2) is 24.9 Å². The molecule has 1 fully saturated rings. The smallest absolute Gasteiger partial charge is 0.0951 e. The number of nitrogens with one attached hydrogen (secondary N) is 1. The number of imidazole rings is 1. The van der Waals surface area contributed by atoms with Crippen LogP contribution in [0.5, 0.6) is 0 Å². The minimum absolute atomic E-state index is 0.349. The van der Waals surface area contributed by atoms with Crippen LogP contribution >= 0.6 is 0 Å². The Labute approximate surface area is 118 Å². The normalized spacial score (nSPS) is 19.4. The van der Waals surface area contributed by atoms with E-state index in [1.807, 2.05) is 23.4 Å². The molecule has 108 valence electrons. The SMILES string of the molecule is CCCn1cc(-c2cncn2CC2COCCN2)cn1. The lowest BCUT2D eigenvalue weighted by molar-refractivity contribution is 0.0715. The van der Waals surface area contributed by atoms with Crippen molar-refractivity contribution in [3.63, 3.8) is 0 Å². The zero-order chi connectivity index (χ0) is 13.8. The van der Waals surface area contributed by atoms with Gasteiger partial charge in [0, 0.05) is 37.4 Å². The highest BCUT2D eigenvalue weighted by Gasteiger charge is 2.16. The second kappa shape index (κ2) is 6.19. The van der Waals surface area contributed by atoms with Crippen LogP contribution in [0.25, 0.3) is 11.3 Å². The Hall–Kier alpha value is -1.66. The van der Waals surface area contributed by atoms with Crippen molar-refractivity contribution in [2.75, 3.05) is 19.8 Å². The van der Waals surface area contributed by atoms with E-state index in [1.54, 1.807) is 0 Å². The predicted molar refractivity (Wildman–Crippen MR) is 76.3 cm³/mol. The first kappa shape index (κ1) is 13.3. The molecule has 0 amide bonds. The number of ether oxygens (including phenoxy) is 1. The van der Waals surface area contributed by atoms with Crippen LogP contribution in [-0.4, -0.2) is 45.1 Å². The van der Waals surface area contributed by atoms with Crippen molar-refractivity contribution in [2.45, 2.75) is 32.5 Å². The molecule has 1 N–H and O–H groups in total. The van der Waals surface area contributed by atoms with E-state index in [0.29, 0.717) is 6.04 Å². The Morgan fingerprint density at radius 3 is 3.20 bits per heavy atom. The Morgan fingerprint density at radius 1 is 1.45 bits per heavy atom. The molecule has 6 nitrogen and oxygen atoms in total. The highest BCUT2D eigenvalue weighted by atomic mass is 16.5. The minimum atomic E-state index is 0.349. The maximum absolute atomic E-state index is 5.50. The summed E-state index contributed by atoms with van der Waals surface area (Å²) in [6, 6.07) is 0.349. The molecular formula is C14H21N5O. The van der Waals surface area contributed by atoms with Gasteiger partial charge in [0.2, 0.25) is 0 Å². The first-order chi connectivity index (χ1) is 9.86. The second-order valence-electron chi connectivity index (χ2n) is 5.15. The van der Waals surface area contributed by atoms with E-state index in [-0.39, 0.29) is 0 Å². The van der Waals surface area contributed by atoms with Crippen LogP contribution in [0.3, 0.4) is 0 Å². The molecule has 1 unspecified atom stereocenters. The topological polar surface area (TPSA) is 56.9 Å². The molecule has 20 heavy (non-hydrogen) atoms. The Kier molecular flexibility index (Phi) is 4.13. The highest BCUT2D eigenvalue weighted by molar-refractivity contribution is 5.56. The molecule has 0 saturated carbocycles. The Bertz CT molecular complexity index is 541. The van der Waals surface area contributed by atoms with E-state index in [4.69, 9.17) is 4.74 Å².